The molecule has 16 heavy (non-hydrogen) atoms. The van der Waals surface area contributed by atoms with Crippen molar-refractivity contribution in [3.05, 3.63) is 42.1 Å². The third kappa shape index (κ3) is 2.13. The highest BCUT2D eigenvalue weighted by Gasteiger charge is 2.11. The molecule has 3 nitrogen and oxygen atoms in total. The van der Waals surface area contributed by atoms with E-state index in [9.17, 15) is 0 Å². The smallest absolute Gasteiger partial charge is 0.133 e. The highest BCUT2D eigenvalue weighted by atomic mass is 32.2. The third-order valence-electron chi connectivity index (χ3n) is 2.43. The van der Waals surface area contributed by atoms with Crippen LogP contribution in [0.5, 0.6) is 0 Å². The van der Waals surface area contributed by atoms with Crippen LogP contribution in [-0.2, 0) is 0 Å². The van der Waals surface area contributed by atoms with E-state index in [0.29, 0.717) is 5.92 Å². The quantitative estimate of drug-likeness (QED) is 0.829. The van der Waals surface area contributed by atoms with E-state index in [-0.39, 0.29) is 0 Å². The first-order chi connectivity index (χ1) is 7.72. The van der Waals surface area contributed by atoms with Gasteiger partial charge >= 0.3 is 0 Å². The van der Waals surface area contributed by atoms with Crippen LogP contribution in [-0.4, -0.2) is 9.78 Å². The molecule has 1 heterocycles. The lowest BCUT2D eigenvalue weighted by Crippen LogP contribution is -2.03. The summed E-state index contributed by atoms with van der Waals surface area (Å²) in [5.74, 6) is 0.425. The van der Waals surface area contributed by atoms with Gasteiger partial charge in [-0.1, -0.05) is 32.0 Å². The Bertz CT molecular complexity index is 462. The molecule has 84 valence electrons. The number of hydrogen-bond donors (Lipinski definition) is 1. The number of nitrogens with zero attached hydrogens (tertiary/aromatic N) is 2. The number of aromatic nitrogens is 2. The SMILES string of the molecule is CC(C)c1cc(SN)nn1-c1ccccc1. The minimum Gasteiger partial charge on any atom is -0.272 e. The summed E-state index contributed by atoms with van der Waals surface area (Å²) in [6.07, 6.45) is 0. The van der Waals surface area contributed by atoms with Gasteiger partial charge in [0.05, 0.1) is 5.69 Å². The van der Waals surface area contributed by atoms with Crippen LogP contribution >= 0.6 is 11.9 Å². The molecule has 1 aromatic heterocycles. The van der Waals surface area contributed by atoms with Gasteiger partial charge in [-0.15, -0.1) is 0 Å². The monoisotopic (exact) mass is 233 g/mol. The van der Waals surface area contributed by atoms with E-state index in [1.807, 2.05) is 41.1 Å². The van der Waals surface area contributed by atoms with Crippen LogP contribution in [0.1, 0.15) is 25.5 Å². The van der Waals surface area contributed by atoms with Gasteiger partial charge < -0.3 is 0 Å². The van der Waals surface area contributed by atoms with Crippen molar-refractivity contribution in [1.29, 1.82) is 0 Å². The van der Waals surface area contributed by atoms with E-state index < -0.39 is 0 Å². The van der Waals surface area contributed by atoms with E-state index in [2.05, 4.69) is 18.9 Å². The molecule has 0 bridgehead atoms. The zero-order chi connectivity index (χ0) is 11.5. The molecule has 0 unspecified atom stereocenters. The molecule has 2 rings (SSSR count). The third-order valence-corrected chi connectivity index (χ3v) is 2.87. The Hall–Kier alpha value is -1.26. The summed E-state index contributed by atoms with van der Waals surface area (Å²) in [6, 6.07) is 12.2. The van der Waals surface area contributed by atoms with Crippen LogP contribution in [0.25, 0.3) is 5.69 Å². The first-order valence-electron chi connectivity index (χ1n) is 5.24. The predicted molar refractivity (Wildman–Crippen MR) is 67.7 cm³/mol. The van der Waals surface area contributed by atoms with Crippen LogP contribution in [0.4, 0.5) is 0 Å². The fourth-order valence-electron chi connectivity index (χ4n) is 1.62. The molecule has 0 aliphatic rings. The minimum atomic E-state index is 0.425. The molecule has 0 spiro atoms. The highest BCUT2D eigenvalue weighted by Crippen LogP contribution is 2.23. The molecule has 0 fully saturated rings. The highest BCUT2D eigenvalue weighted by molar-refractivity contribution is 7.97. The molecule has 0 saturated carbocycles. The molecule has 0 saturated heterocycles. The maximum absolute atomic E-state index is 5.55. The topological polar surface area (TPSA) is 43.8 Å². The fourth-order valence-corrected chi connectivity index (χ4v) is 1.94. The van der Waals surface area contributed by atoms with Crippen LogP contribution < -0.4 is 5.14 Å². The van der Waals surface area contributed by atoms with Crippen molar-refractivity contribution in [2.24, 2.45) is 5.14 Å². The van der Waals surface area contributed by atoms with Gasteiger partial charge in [-0.2, -0.15) is 5.10 Å². The van der Waals surface area contributed by atoms with E-state index in [4.69, 9.17) is 5.14 Å². The van der Waals surface area contributed by atoms with Gasteiger partial charge in [-0.25, -0.2) is 4.68 Å². The van der Waals surface area contributed by atoms with Gasteiger partial charge in [-0.05, 0) is 36.1 Å². The molecule has 4 heteroatoms. The van der Waals surface area contributed by atoms with Crippen LogP contribution in [0.3, 0.4) is 0 Å². The summed E-state index contributed by atoms with van der Waals surface area (Å²) in [6.45, 7) is 4.31. The van der Waals surface area contributed by atoms with Crippen molar-refractivity contribution in [2.75, 3.05) is 0 Å². The fraction of sp³-hybridized carbons (Fsp3) is 0.250. The summed E-state index contributed by atoms with van der Waals surface area (Å²) < 4.78 is 1.96. The van der Waals surface area contributed by atoms with Gasteiger partial charge in [0, 0.05) is 5.69 Å². The summed E-state index contributed by atoms with van der Waals surface area (Å²) in [7, 11) is 0. The summed E-state index contributed by atoms with van der Waals surface area (Å²) in [5, 5.41) is 10.9. The standard InChI is InChI=1S/C12H15N3S/c1-9(2)11-8-12(16-13)14-15(11)10-6-4-3-5-7-10/h3-9H,13H2,1-2H3. The second kappa shape index (κ2) is 4.72. The lowest BCUT2D eigenvalue weighted by Gasteiger charge is -2.09. The lowest BCUT2D eigenvalue weighted by molar-refractivity contribution is 0.725. The first kappa shape index (κ1) is 11.2. The van der Waals surface area contributed by atoms with Gasteiger partial charge in [-0.3, -0.25) is 5.14 Å². The number of benzene rings is 1. The van der Waals surface area contributed by atoms with Gasteiger partial charge in [0.15, 0.2) is 0 Å². The molecule has 0 amide bonds. The zero-order valence-electron chi connectivity index (χ0n) is 9.42. The molecule has 1 aromatic carbocycles. The normalized spacial score (nSPS) is 11.0. The Morgan fingerprint density at radius 1 is 1.25 bits per heavy atom. The van der Waals surface area contributed by atoms with Crippen molar-refractivity contribution in [3.63, 3.8) is 0 Å². The van der Waals surface area contributed by atoms with Gasteiger partial charge in [0.1, 0.15) is 5.03 Å². The Balaban J connectivity index is 2.51. The second-order valence-electron chi connectivity index (χ2n) is 3.93. The first-order valence-corrected chi connectivity index (χ1v) is 6.12. The molecule has 0 aliphatic carbocycles. The Morgan fingerprint density at radius 2 is 1.94 bits per heavy atom. The number of rotatable bonds is 3. The molecule has 0 atom stereocenters. The van der Waals surface area contributed by atoms with Crippen LogP contribution in [0.2, 0.25) is 0 Å². The van der Waals surface area contributed by atoms with Gasteiger partial charge in [0.25, 0.3) is 0 Å². The maximum Gasteiger partial charge on any atom is 0.133 e. The Labute approximate surface area is 99.8 Å². The molecule has 2 N–H and O–H groups in total. The molecule has 0 aliphatic heterocycles. The summed E-state index contributed by atoms with van der Waals surface area (Å²) in [4.78, 5) is 0. The number of hydrogen-bond acceptors (Lipinski definition) is 3. The molecular formula is C12H15N3S. The van der Waals surface area contributed by atoms with Crippen molar-refractivity contribution in [2.45, 2.75) is 24.8 Å². The van der Waals surface area contributed by atoms with Crippen LogP contribution in [0.15, 0.2) is 41.4 Å². The Kier molecular flexibility index (Phi) is 3.31. The zero-order valence-corrected chi connectivity index (χ0v) is 10.2. The predicted octanol–water partition coefficient (Wildman–Crippen LogP) is 2.96. The van der Waals surface area contributed by atoms with Crippen LogP contribution in [0, 0.1) is 0 Å². The number of nitrogens with two attached hydrogens (primary N) is 1. The van der Waals surface area contributed by atoms with Gasteiger partial charge in [0.2, 0.25) is 0 Å². The molecular weight excluding hydrogens is 218 g/mol. The second-order valence-corrected chi connectivity index (χ2v) is 4.58. The van der Waals surface area contributed by atoms with Crippen molar-refractivity contribution in [3.8, 4) is 5.69 Å². The average molecular weight is 233 g/mol. The molecule has 0 radical (unpaired) electrons. The molecule has 2 aromatic rings. The summed E-state index contributed by atoms with van der Waals surface area (Å²) >= 11 is 1.18. The Morgan fingerprint density at radius 3 is 2.50 bits per heavy atom. The number of para-hydroxylation sites is 1. The maximum atomic E-state index is 5.55. The van der Waals surface area contributed by atoms with Crippen molar-refractivity contribution in [1.82, 2.24) is 9.78 Å². The lowest BCUT2D eigenvalue weighted by atomic mass is 10.1. The summed E-state index contributed by atoms with van der Waals surface area (Å²) in [5.41, 5.74) is 2.26. The van der Waals surface area contributed by atoms with E-state index in [1.165, 1.54) is 17.6 Å². The van der Waals surface area contributed by atoms with Crippen molar-refractivity contribution >= 4 is 11.9 Å². The largest absolute Gasteiger partial charge is 0.272 e. The van der Waals surface area contributed by atoms with E-state index in [0.717, 1.165) is 10.7 Å². The van der Waals surface area contributed by atoms with Crippen molar-refractivity contribution < 1.29 is 0 Å². The average Bonchev–Trinajstić information content (AvgIpc) is 2.74. The minimum absolute atomic E-state index is 0.425. The van der Waals surface area contributed by atoms with E-state index >= 15 is 0 Å². The van der Waals surface area contributed by atoms with E-state index in [1.54, 1.807) is 0 Å².